The molecule has 8 heteroatoms. The smallest absolute Gasteiger partial charge is 0.216 e. The van der Waals surface area contributed by atoms with Crippen molar-refractivity contribution in [3.63, 3.8) is 0 Å². The summed E-state index contributed by atoms with van der Waals surface area (Å²) in [6.07, 6.45) is 0.535. The topological polar surface area (TPSA) is 76.9 Å². The predicted octanol–water partition coefficient (Wildman–Crippen LogP) is 3.57. The predicted molar refractivity (Wildman–Crippen MR) is 110 cm³/mol. The van der Waals surface area contributed by atoms with Crippen LogP contribution in [0.4, 0.5) is 0 Å². The standard InChI is InChI=1S/C20H19ClN4O2S/c1-14(26)22-12-11-19-23-24-20(25(19)17-5-3-2-4-6-17)28-13-18(27)15-7-9-16(21)10-8-15/h2-10H,11-13H2,1H3,(H,22,26). The van der Waals surface area contributed by atoms with Gasteiger partial charge < -0.3 is 5.32 Å². The zero-order valence-electron chi connectivity index (χ0n) is 15.3. The molecule has 0 spiro atoms. The Hall–Kier alpha value is -2.64. The molecule has 0 saturated carbocycles. The van der Waals surface area contributed by atoms with E-state index in [0.717, 1.165) is 11.5 Å². The number of nitrogens with one attached hydrogen (secondary N) is 1. The molecule has 0 atom stereocenters. The molecule has 1 heterocycles. The number of hydrogen-bond acceptors (Lipinski definition) is 5. The average Bonchev–Trinajstić information content (AvgIpc) is 3.10. The quantitative estimate of drug-likeness (QED) is 0.450. The molecule has 0 unspecified atom stereocenters. The normalized spacial score (nSPS) is 10.6. The molecule has 1 amide bonds. The van der Waals surface area contributed by atoms with Crippen molar-refractivity contribution < 1.29 is 9.59 Å². The summed E-state index contributed by atoms with van der Waals surface area (Å²) < 4.78 is 1.92. The SMILES string of the molecule is CC(=O)NCCc1nnc(SCC(=O)c2ccc(Cl)cc2)n1-c1ccccc1. The Morgan fingerprint density at radius 2 is 1.79 bits per heavy atom. The van der Waals surface area contributed by atoms with Gasteiger partial charge in [0.05, 0.1) is 5.75 Å². The number of amides is 1. The number of carbonyl (C=O) groups excluding carboxylic acids is 2. The van der Waals surface area contributed by atoms with Crippen LogP contribution in [0, 0.1) is 0 Å². The van der Waals surface area contributed by atoms with E-state index in [1.165, 1.54) is 18.7 Å². The molecule has 1 N–H and O–H groups in total. The van der Waals surface area contributed by atoms with Crippen LogP contribution in [-0.2, 0) is 11.2 Å². The number of ketones is 1. The molecule has 28 heavy (non-hydrogen) atoms. The Kier molecular flexibility index (Phi) is 6.84. The third kappa shape index (κ3) is 5.21. The van der Waals surface area contributed by atoms with Gasteiger partial charge in [-0.2, -0.15) is 0 Å². The summed E-state index contributed by atoms with van der Waals surface area (Å²) in [5.41, 5.74) is 1.51. The number of halogens is 1. The van der Waals surface area contributed by atoms with E-state index < -0.39 is 0 Å². The summed E-state index contributed by atoms with van der Waals surface area (Å²) in [6, 6.07) is 16.5. The Balaban J connectivity index is 1.78. The zero-order valence-corrected chi connectivity index (χ0v) is 16.8. The van der Waals surface area contributed by atoms with Crippen LogP contribution >= 0.6 is 23.4 Å². The van der Waals surface area contributed by atoms with E-state index in [1.807, 2.05) is 34.9 Å². The molecular formula is C20H19ClN4O2S. The second kappa shape index (κ2) is 9.52. The van der Waals surface area contributed by atoms with E-state index in [9.17, 15) is 9.59 Å². The van der Waals surface area contributed by atoms with Gasteiger partial charge in [0.15, 0.2) is 10.9 Å². The fourth-order valence-electron chi connectivity index (χ4n) is 2.59. The Morgan fingerprint density at radius 3 is 2.46 bits per heavy atom. The number of para-hydroxylation sites is 1. The minimum absolute atomic E-state index is 0.0101. The van der Waals surface area contributed by atoms with Gasteiger partial charge in [0, 0.05) is 36.2 Å². The molecule has 0 aliphatic heterocycles. The van der Waals surface area contributed by atoms with Crippen molar-refractivity contribution >= 4 is 35.1 Å². The van der Waals surface area contributed by atoms with Crippen LogP contribution in [0.15, 0.2) is 59.8 Å². The number of rotatable bonds is 8. The number of nitrogens with zero attached hydrogens (tertiary/aromatic N) is 3. The van der Waals surface area contributed by atoms with Crippen LogP contribution in [0.2, 0.25) is 5.02 Å². The fraction of sp³-hybridized carbons (Fsp3) is 0.200. The number of carbonyl (C=O) groups is 2. The Labute approximate surface area is 172 Å². The summed E-state index contributed by atoms with van der Waals surface area (Å²) in [5.74, 6) is 0.859. The van der Waals surface area contributed by atoms with Crippen molar-refractivity contribution in [1.29, 1.82) is 0 Å². The maximum absolute atomic E-state index is 12.5. The number of aromatic nitrogens is 3. The van der Waals surface area contributed by atoms with E-state index in [0.29, 0.717) is 28.7 Å². The first-order valence-corrected chi connectivity index (χ1v) is 10.1. The molecule has 144 valence electrons. The maximum Gasteiger partial charge on any atom is 0.216 e. The molecule has 0 bridgehead atoms. The lowest BCUT2D eigenvalue weighted by Gasteiger charge is -2.10. The zero-order chi connectivity index (χ0) is 19.9. The first-order valence-electron chi connectivity index (χ1n) is 8.70. The van der Waals surface area contributed by atoms with Gasteiger partial charge in [-0.3, -0.25) is 14.2 Å². The molecule has 0 radical (unpaired) electrons. The van der Waals surface area contributed by atoms with Crippen molar-refractivity contribution in [3.05, 3.63) is 71.0 Å². The minimum Gasteiger partial charge on any atom is -0.356 e. The van der Waals surface area contributed by atoms with Crippen molar-refractivity contribution in [2.24, 2.45) is 0 Å². The number of thioether (sulfide) groups is 1. The van der Waals surface area contributed by atoms with Gasteiger partial charge >= 0.3 is 0 Å². The molecule has 1 aromatic heterocycles. The van der Waals surface area contributed by atoms with Crippen LogP contribution in [0.1, 0.15) is 23.1 Å². The molecular weight excluding hydrogens is 396 g/mol. The monoisotopic (exact) mass is 414 g/mol. The maximum atomic E-state index is 12.5. The third-order valence-corrected chi connectivity index (χ3v) is 5.12. The van der Waals surface area contributed by atoms with E-state index in [1.54, 1.807) is 24.3 Å². The van der Waals surface area contributed by atoms with E-state index in [2.05, 4.69) is 15.5 Å². The van der Waals surface area contributed by atoms with Crippen molar-refractivity contribution in [2.45, 2.75) is 18.5 Å². The molecule has 2 aromatic carbocycles. The highest BCUT2D eigenvalue weighted by Gasteiger charge is 2.16. The number of benzene rings is 2. The van der Waals surface area contributed by atoms with Crippen LogP contribution in [0.3, 0.4) is 0 Å². The lowest BCUT2D eigenvalue weighted by Crippen LogP contribution is -2.23. The van der Waals surface area contributed by atoms with Crippen molar-refractivity contribution in [2.75, 3.05) is 12.3 Å². The second-order valence-electron chi connectivity index (χ2n) is 6.02. The summed E-state index contributed by atoms with van der Waals surface area (Å²) in [7, 11) is 0. The first-order chi connectivity index (χ1) is 13.5. The van der Waals surface area contributed by atoms with Crippen LogP contribution < -0.4 is 5.32 Å². The molecule has 0 aliphatic rings. The minimum atomic E-state index is -0.0889. The highest BCUT2D eigenvalue weighted by atomic mass is 35.5. The highest BCUT2D eigenvalue weighted by molar-refractivity contribution is 7.99. The van der Waals surface area contributed by atoms with Crippen LogP contribution in [0.5, 0.6) is 0 Å². The van der Waals surface area contributed by atoms with Gasteiger partial charge in [0.1, 0.15) is 5.82 Å². The largest absolute Gasteiger partial charge is 0.356 e. The third-order valence-electron chi connectivity index (χ3n) is 3.94. The van der Waals surface area contributed by atoms with Gasteiger partial charge in [-0.15, -0.1) is 10.2 Å². The summed E-state index contributed by atoms with van der Waals surface area (Å²) in [4.78, 5) is 23.6. The van der Waals surface area contributed by atoms with Crippen LogP contribution in [0.25, 0.3) is 5.69 Å². The van der Waals surface area contributed by atoms with Gasteiger partial charge in [-0.1, -0.05) is 41.6 Å². The molecule has 6 nitrogen and oxygen atoms in total. The van der Waals surface area contributed by atoms with E-state index in [4.69, 9.17) is 11.6 Å². The number of hydrogen-bond donors (Lipinski definition) is 1. The molecule has 0 saturated heterocycles. The van der Waals surface area contributed by atoms with Gasteiger partial charge in [-0.05, 0) is 36.4 Å². The fourth-order valence-corrected chi connectivity index (χ4v) is 3.58. The van der Waals surface area contributed by atoms with Gasteiger partial charge in [-0.25, -0.2) is 0 Å². The van der Waals surface area contributed by atoms with Crippen molar-refractivity contribution in [1.82, 2.24) is 20.1 Å². The van der Waals surface area contributed by atoms with Crippen molar-refractivity contribution in [3.8, 4) is 5.69 Å². The lowest BCUT2D eigenvalue weighted by atomic mass is 10.1. The van der Waals surface area contributed by atoms with Gasteiger partial charge in [0.25, 0.3) is 0 Å². The highest BCUT2D eigenvalue weighted by Crippen LogP contribution is 2.23. The first kappa shape index (κ1) is 20.1. The lowest BCUT2D eigenvalue weighted by molar-refractivity contribution is -0.118. The van der Waals surface area contributed by atoms with E-state index in [-0.39, 0.29) is 17.4 Å². The average molecular weight is 415 g/mol. The summed E-state index contributed by atoms with van der Waals surface area (Å²) >= 11 is 7.21. The molecule has 3 aromatic rings. The number of Topliss-reactive ketones (excluding diaryl/α,β-unsaturated/α-hetero) is 1. The molecule has 3 rings (SSSR count). The molecule has 0 fully saturated rings. The second-order valence-corrected chi connectivity index (χ2v) is 7.40. The van der Waals surface area contributed by atoms with E-state index >= 15 is 0 Å². The van der Waals surface area contributed by atoms with Crippen LogP contribution in [-0.4, -0.2) is 38.8 Å². The Bertz CT molecular complexity index is 958. The van der Waals surface area contributed by atoms with Gasteiger partial charge in [0.2, 0.25) is 5.91 Å². The molecule has 0 aliphatic carbocycles. The Morgan fingerprint density at radius 1 is 1.07 bits per heavy atom. The summed E-state index contributed by atoms with van der Waals surface area (Å²) in [6.45, 7) is 1.94. The summed E-state index contributed by atoms with van der Waals surface area (Å²) in [5, 5.41) is 12.5.